The first-order chi connectivity index (χ1) is 10.0. The number of para-hydroxylation sites is 1. The van der Waals surface area contributed by atoms with Gasteiger partial charge in [-0.15, -0.1) is 0 Å². The molecule has 21 heavy (non-hydrogen) atoms. The quantitative estimate of drug-likeness (QED) is 0.919. The first kappa shape index (κ1) is 15.8. The van der Waals surface area contributed by atoms with Gasteiger partial charge in [-0.05, 0) is 42.8 Å². The summed E-state index contributed by atoms with van der Waals surface area (Å²) in [6, 6.07) is 13.6. The normalized spacial score (nSPS) is 11.4. The SMILES string of the molecule is CCN(c1ccccc1)S(=O)(=O)c1ccc(Cl)c(CN)c1. The van der Waals surface area contributed by atoms with Gasteiger partial charge in [0.2, 0.25) is 0 Å². The number of nitrogens with two attached hydrogens (primary N) is 1. The van der Waals surface area contributed by atoms with Crippen LogP contribution in [0, 0.1) is 0 Å². The van der Waals surface area contributed by atoms with E-state index in [9.17, 15) is 8.42 Å². The molecule has 0 aromatic heterocycles. The van der Waals surface area contributed by atoms with E-state index in [1.807, 2.05) is 6.07 Å². The van der Waals surface area contributed by atoms with E-state index in [4.69, 9.17) is 17.3 Å². The highest BCUT2D eigenvalue weighted by molar-refractivity contribution is 7.92. The van der Waals surface area contributed by atoms with Crippen LogP contribution in [-0.4, -0.2) is 15.0 Å². The van der Waals surface area contributed by atoms with Crippen LogP contribution in [0.4, 0.5) is 5.69 Å². The molecule has 0 saturated heterocycles. The molecule has 2 rings (SSSR count). The Kier molecular flexibility index (Phi) is 4.88. The van der Waals surface area contributed by atoms with E-state index in [0.717, 1.165) is 0 Å². The Morgan fingerprint density at radius 2 is 1.81 bits per heavy atom. The Balaban J connectivity index is 2.50. The van der Waals surface area contributed by atoms with Crippen LogP contribution >= 0.6 is 11.6 Å². The zero-order valence-electron chi connectivity index (χ0n) is 11.7. The molecule has 0 saturated carbocycles. The van der Waals surface area contributed by atoms with Gasteiger partial charge in [0, 0.05) is 18.1 Å². The first-order valence-electron chi connectivity index (χ1n) is 6.57. The topological polar surface area (TPSA) is 63.4 Å². The van der Waals surface area contributed by atoms with Crippen molar-refractivity contribution < 1.29 is 8.42 Å². The second kappa shape index (κ2) is 6.47. The van der Waals surface area contributed by atoms with Gasteiger partial charge in [-0.25, -0.2) is 8.42 Å². The van der Waals surface area contributed by atoms with E-state index in [1.165, 1.54) is 16.4 Å². The largest absolute Gasteiger partial charge is 0.326 e. The number of benzene rings is 2. The number of halogens is 1. The van der Waals surface area contributed by atoms with Crippen molar-refractivity contribution in [1.82, 2.24) is 0 Å². The summed E-state index contributed by atoms with van der Waals surface area (Å²) >= 11 is 5.99. The molecule has 0 atom stereocenters. The number of anilines is 1. The molecule has 0 amide bonds. The van der Waals surface area contributed by atoms with Gasteiger partial charge in [0.1, 0.15) is 0 Å². The highest BCUT2D eigenvalue weighted by atomic mass is 35.5. The highest BCUT2D eigenvalue weighted by Gasteiger charge is 2.24. The van der Waals surface area contributed by atoms with Crippen LogP contribution < -0.4 is 10.0 Å². The van der Waals surface area contributed by atoms with Crippen molar-refractivity contribution in [1.29, 1.82) is 0 Å². The van der Waals surface area contributed by atoms with Crippen molar-refractivity contribution in [2.45, 2.75) is 18.4 Å². The van der Waals surface area contributed by atoms with Crippen molar-refractivity contribution in [2.75, 3.05) is 10.8 Å². The van der Waals surface area contributed by atoms with Gasteiger partial charge in [-0.3, -0.25) is 4.31 Å². The summed E-state index contributed by atoms with van der Waals surface area (Å²) < 4.78 is 26.9. The maximum Gasteiger partial charge on any atom is 0.264 e. The lowest BCUT2D eigenvalue weighted by Crippen LogP contribution is -2.30. The third-order valence-corrected chi connectivity index (χ3v) is 5.42. The molecule has 4 nitrogen and oxygen atoms in total. The minimum absolute atomic E-state index is 0.193. The van der Waals surface area contributed by atoms with Crippen LogP contribution in [0.15, 0.2) is 53.4 Å². The molecule has 0 unspecified atom stereocenters. The zero-order valence-corrected chi connectivity index (χ0v) is 13.2. The van der Waals surface area contributed by atoms with E-state index in [-0.39, 0.29) is 11.4 Å². The third-order valence-electron chi connectivity index (χ3n) is 3.16. The van der Waals surface area contributed by atoms with E-state index in [1.54, 1.807) is 37.3 Å². The summed E-state index contributed by atoms with van der Waals surface area (Å²) in [4.78, 5) is 0.193. The summed E-state index contributed by atoms with van der Waals surface area (Å²) in [5.74, 6) is 0. The zero-order chi connectivity index (χ0) is 15.5. The van der Waals surface area contributed by atoms with Crippen molar-refractivity contribution >= 4 is 27.3 Å². The Labute approximate surface area is 130 Å². The number of hydrogen-bond acceptors (Lipinski definition) is 3. The summed E-state index contributed by atoms with van der Waals surface area (Å²) in [5, 5.41) is 0.471. The van der Waals surface area contributed by atoms with Crippen molar-refractivity contribution in [2.24, 2.45) is 5.73 Å². The standard InChI is InChI=1S/C15H17ClN2O2S/c1-2-18(13-6-4-3-5-7-13)21(19,20)14-8-9-15(16)12(10-14)11-17/h3-10H,2,11,17H2,1H3. The van der Waals surface area contributed by atoms with E-state index in [2.05, 4.69) is 0 Å². The van der Waals surface area contributed by atoms with Crippen LogP contribution in [-0.2, 0) is 16.6 Å². The minimum atomic E-state index is -3.63. The average Bonchev–Trinajstić information content (AvgIpc) is 2.49. The van der Waals surface area contributed by atoms with Gasteiger partial charge in [0.15, 0.2) is 0 Å². The molecule has 2 aromatic carbocycles. The molecule has 0 heterocycles. The predicted octanol–water partition coefficient (Wildman–Crippen LogP) is 3.01. The molecule has 2 aromatic rings. The fourth-order valence-corrected chi connectivity index (χ4v) is 3.80. The van der Waals surface area contributed by atoms with Crippen molar-refractivity contribution in [3.63, 3.8) is 0 Å². The molecule has 0 aliphatic carbocycles. The van der Waals surface area contributed by atoms with Gasteiger partial charge < -0.3 is 5.73 Å². The summed E-state index contributed by atoms with van der Waals surface area (Å²) in [6.45, 7) is 2.33. The summed E-state index contributed by atoms with van der Waals surface area (Å²) in [5.41, 5.74) is 6.83. The third kappa shape index (κ3) is 3.20. The second-order valence-electron chi connectivity index (χ2n) is 4.46. The lowest BCUT2D eigenvalue weighted by atomic mass is 10.2. The number of sulfonamides is 1. The molecule has 0 spiro atoms. The molecule has 2 N–H and O–H groups in total. The Morgan fingerprint density at radius 3 is 2.38 bits per heavy atom. The van der Waals surface area contributed by atoms with Gasteiger partial charge in [-0.1, -0.05) is 29.8 Å². The highest BCUT2D eigenvalue weighted by Crippen LogP contribution is 2.26. The lowest BCUT2D eigenvalue weighted by molar-refractivity contribution is 0.591. The van der Waals surface area contributed by atoms with Crippen molar-refractivity contribution in [3.8, 4) is 0 Å². The molecule has 0 fully saturated rings. The predicted molar refractivity (Wildman–Crippen MR) is 86.0 cm³/mol. The van der Waals surface area contributed by atoms with Crippen LogP contribution in [0.1, 0.15) is 12.5 Å². The fraction of sp³-hybridized carbons (Fsp3) is 0.200. The monoisotopic (exact) mass is 324 g/mol. The lowest BCUT2D eigenvalue weighted by Gasteiger charge is -2.23. The Hall–Kier alpha value is -1.56. The number of hydrogen-bond donors (Lipinski definition) is 1. The van der Waals surface area contributed by atoms with Crippen LogP contribution in [0.5, 0.6) is 0 Å². The number of nitrogens with zero attached hydrogens (tertiary/aromatic N) is 1. The van der Waals surface area contributed by atoms with Gasteiger partial charge in [0.25, 0.3) is 10.0 Å². The smallest absolute Gasteiger partial charge is 0.264 e. The summed E-state index contributed by atoms with van der Waals surface area (Å²) in [7, 11) is -3.63. The molecular weight excluding hydrogens is 308 g/mol. The average molecular weight is 325 g/mol. The summed E-state index contributed by atoms with van der Waals surface area (Å²) in [6.07, 6.45) is 0. The number of rotatable bonds is 5. The van der Waals surface area contributed by atoms with Gasteiger partial charge in [-0.2, -0.15) is 0 Å². The minimum Gasteiger partial charge on any atom is -0.326 e. The van der Waals surface area contributed by atoms with Crippen LogP contribution in [0.3, 0.4) is 0 Å². The molecular formula is C15H17ClN2O2S. The Morgan fingerprint density at radius 1 is 1.14 bits per heavy atom. The van der Waals surface area contributed by atoms with Gasteiger partial charge >= 0.3 is 0 Å². The van der Waals surface area contributed by atoms with Crippen molar-refractivity contribution in [3.05, 3.63) is 59.1 Å². The maximum absolute atomic E-state index is 12.8. The van der Waals surface area contributed by atoms with E-state index < -0.39 is 10.0 Å². The molecule has 0 bridgehead atoms. The Bertz CT molecular complexity index is 718. The fourth-order valence-electron chi connectivity index (χ4n) is 2.08. The van der Waals surface area contributed by atoms with E-state index >= 15 is 0 Å². The van der Waals surface area contributed by atoms with Gasteiger partial charge in [0.05, 0.1) is 10.6 Å². The second-order valence-corrected chi connectivity index (χ2v) is 6.73. The van der Waals surface area contributed by atoms with Crippen LogP contribution in [0.2, 0.25) is 5.02 Å². The first-order valence-corrected chi connectivity index (χ1v) is 8.38. The molecule has 6 heteroatoms. The molecule has 112 valence electrons. The maximum atomic E-state index is 12.8. The van der Waals surface area contributed by atoms with E-state index in [0.29, 0.717) is 22.8 Å². The molecule has 0 radical (unpaired) electrons. The molecule has 0 aliphatic heterocycles. The molecule has 0 aliphatic rings. The van der Waals surface area contributed by atoms with Crippen LogP contribution in [0.25, 0.3) is 0 Å².